The summed E-state index contributed by atoms with van der Waals surface area (Å²) < 4.78 is 18.0. The summed E-state index contributed by atoms with van der Waals surface area (Å²) >= 11 is 5.58. The Labute approximate surface area is 83.5 Å². The number of nitrogen functional groups attached to an aromatic ring is 1. The van der Waals surface area contributed by atoms with Crippen LogP contribution in [-0.4, -0.2) is 10.1 Å². The molecule has 0 spiro atoms. The van der Waals surface area contributed by atoms with Gasteiger partial charge in [-0.05, 0) is 23.4 Å². The highest BCUT2D eigenvalue weighted by Crippen LogP contribution is 2.23. The quantitative estimate of drug-likeness (QED) is 0.788. The molecule has 0 aliphatic heterocycles. The highest BCUT2D eigenvalue weighted by molar-refractivity contribution is 6.30. The van der Waals surface area contributed by atoms with Gasteiger partial charge in [-0.25, -0.2) is 4.39 Å². The first-order valence-electron chi connectivity index (χ1n) is 3.71. The molecule has 0 atom stereocenters. The Morgan fingerprint density at radius 3 is 2.79 bits per heavy atom. The Balaban J connectivity index is 2.52. The van der Waals surface area contributed by atoms with Gasteiger partial charge in [0.1, 0.15) is 5.82 Å². The third-order valence-corrected chi connectivity index (χ3v) is 1.84. The third kappa shape index (κ3) is 1.54. The molecule has 0 aliphatic rings. The number of anilines is 1. The first-order chi connectivity index (χ1) is 6.66. The number of benzene rings is 1. The monoisotopic (exact) mass is 213 g/mol. The summed E-state index contributed by atoms with van der Waals surface area (Å²) in [5.41, 5.74) is 5.41. The molecular formula is C8H5ClFN3O. The van der Waals surface area contributed by atoms with Crippen molar-refractivity contribution in [2.45, 2.75) is 0 Å². The molecule has 0 radical (unpaired) electrons. The number of halogens is 2. The highest BCUT2D eigenvalue weighted by atomic mass is 35.5. The molecule has 0 saturated carbocycles. The van der Waals surface area contributed by atoms with Gasteiger partial charge in [0, 0.05) is 5.02 Å². The number of rotatable bonds is 1. The van der Waals surface area contributed by atoms with Crippen molar-refractivity contribution in [1.29, 1.82) is 0 Å². The lowest BCUT2D eigenvalue weighted by atomic mass is 10.2. The summed E-state index contributed by atoms with van der Waals surface area (Å²) in [7, 11) is 0. The van der Waals surface area contributed by atoms with Crippen molar-refractivity contribution >= 4 is 17.5 Å². The molecule has 1 aromatic heterocycles. The number of nitrogens with two attached hydrogens (primary N) is 1. The second-order valence-electron chi connectivity index (χ2n) is 2.58. The molecule has 1 heterocycles. The molecule has 0 saturated heterocycles. The average Bonchev–Trinajstić information content (AvgIpc) is 2.51. The van der Waals surface area contributed by atoms with E-state index in [0.717, 1.165) is 6.07 Å². The molecule has 72 valence electrons. The van der Waals surface area contributed by atoms with Gasteiger partial charge in [0.2, 0.25) is 0 Å². The fourth-order valence-electron chi connectivity index (χ4n) is 1.01. The lowest BCUT2D eigenvalue weighted by molar-refractivity contribution is 0.430. The van der Waals surface area contributed by atoms with Crippen molar-refractivity contribution in [3.8, 4) is 11.5 Å². The predicted molar refractivity (Wildman–Crippen MR) is 49.1 cm³/mol. The molecule has 0 amide bonds. The fraction of sp³-hybridized carbons (Fsp3) is 0. The number of nitrogens with zero attached hydrogens (tertiary/aromatic N) is 2. The van der Waals surface area contributed by atoms with Crippen LogP contribution in [0, 0.1) is 5.82 Å². The van der Waals surface area contributed by atoms with Crippen LogP contribution in [0.3, 0.4) is 0 Å². The van der Waals surface area contributed by atoms with Gasteiger partial charge in [0.15, 0.2) is 0 Å². The van der Waals surface area contributed by atoms with Gasteiger partial charge in [0.05, 0.1) is 5.56 Å². The number of aromatic nitrogens is 2. The van der Waals surface area contributed by atoms with Crippen LogP contribution in [0.1, 0.15) is 0 Å². The summed E-state index contributed by atoms with van der Waals surface area (Å²) in [4.78, 5) is 3.69. The average molecular weight is 214 g/mol. The van der Waals surface area contributed by atoms with E-state index in [1.165, 1.54) is 12.1 Å². The topological polar surface area (TPSA) is 64.9 Å². The normalized spacial score (nSPS) is 10.4. The minimum absolute atomic E-state index is 0.0330. The molecular weight excluding hydrogens is 209 g/mol. The lowest BCUT2D eigenvalue weighted by Crippen LogP contribution is -1.87. The van der Waals surface area contributed by atoms with Crippen LogP contribution in [0.5, 0.6) is 0 Å². The SMILES string of the molecule is Nc1noc(-c2ccc(Cl)cc2F)n1. The Bertz CT molecular complexity index is 471. The van der Waals surface area contributed by atoms with Crippen LogP contribution in [0.2, 0.25) is 5.02 Å². The van der Waals surface area contributed by atoms with Crippen molar-refractivity contribution in [3.05, 3.63) is 29.0 Å². The number of hydrogen-bond acceptors (Lipinski definition) is 4. The Morgan fingerprint density at radius 2 is 2.21 bits per heavy atom. The minimum Gasteiger partial charge on any atom is -0.365 e. The van der Waals surface area contributed by atoms with Crippen LogP contribution in [-0.2, 0) is 0 Å². The largest absolute Gasteiger partial charge is 0.365 e. The van der Waals surface area contributed by atoms with E-state index in [1.54, 1.807) is 0 Å². The Morgan fingerprint density at radius 1 is 1.43 bits per heavy atom. The van der Waals surface area contributed by atoms with E-state index in [1.807, 2.05) is 0 Å². The Hall–Kier alpha value is -1.62. The van der Waals surface area contributed by atoms with Crippen LogP contribution in [0.25, 0.3) is 11.5 Å². The standard InChI is InChI=1S/C8H5ClFN3O/c9-4-1-2-5(6(10)3-4)7-12-8(11)13-14-7/h1-3H,(H2,11,13). The molecule has 2 N–H and O–H groups in total. The molecule has 0 bridgehead atoms. The second kappa shape index (κ2) is 3.26. The molecule has 0 aliphatic carbocycles. The zero-order chi connectivity index (χ0) is 10.1. The maximum Gasteiger partial charge on any atom is 0.262 e. The van der Waals surface area contributed by atoms with Gasteiger partial charge >= 0.3 is 0 Å². The van der Waals surface area contributed by atoms with Crippen LogP contribution >= 0.6 is 11.6 Å². The molecule has 0 fully saturated rings. The lowest BCUT2D eigenvalue weighted by Gasteiger charge is -1.96. The van der Waals surface area contributed by atoms with Crippen LogP contribution < -0.4 is 5.73 Å². The maximum atomic E-state index is 13.3. The molecule has 14 heavy (non-hydrogen) atoms. The molecule has 4 nitrogen and oxygen atoms in total. The summed E-state index contributed by atoms with van der Waals surface area (Å²) in [5.74, 6) is -0.521. The summed E-state index contributed by atoms with van der Waals surface area (Å²) in [6.45, 7) is 0. The van der Waals surface area contributed by atoms with Gasteiger partial charge in [-0.3, -0.25) is 0 Å². The molecule has 1 aromatic carbocycles. The van der Waals surface area contributed by atoms with Crippen molar-refractivity contribution in [2.75, 3.05) is 5.73 Å². The zero-order valence-corrected chi connectivity index (χ0v) is 7.62. The Kier molecular flexibility index (Phi) is 2.09. The van der Waals surface area contributed by atoms with E-state index in [0.29, 0.717) is 5.02 Å². The fourth-order valence-corrected chi connectivity index (χ4v) is 1.17. The van der Waals surface area contributed by atoms with E-state index in [4.69, 9.17) is 21.9 Å². The van der Waals surface area contributed by atoms with E-state index < -0.39 is 5.82 Å². The van der Waals surface area contributed by atoms with Crippen molar-refractivity contribution in [1.82, 2.24) is 10.1 Å². The van der Waals surface area contributed by atoms with E-state index in [2.05, 4.69) is 10.1 Å². The maximum absolute atomic E-state index is 13.3. The predicted octanol–water partition coefficient (Wildman–Crippen LogP) is 2.11. The third-order valence-electron chi connectivity index (χ3n) is 1.60. The van der Waals surface area contributed by atoms with Gasteiger partial charge < -0.3 is 10.3 Å². The highest BCUT2D eigenvalue weighted by Gasteiger charge is 2.11. The first kappa shape index (κ1) is 8.96. The second-order valence-corrected chi connectivity index (χ2v) is 3.02. The van der Waals surface area contributed by atoms with Gasteiger partial charge in [-0.15, -0.1) is 0 Å². The molecule has 2 rings (SSSR count). The minimum atomic E-state index is -0.527. The molecule has 0 unspecified atom stereocenters. The van der Waals surface area contributed by atoms with E-state index in [-0.39, 0.29) is 17.4 Å². The first-order valence-corrected chi connectivity index (χ1v) is 4.09. The summed E-state index contributed by atoms with van der Waals surface area (Å²) in [5, 5.41) is 3.65. The van der Waals surface area contributed by atoms with E-state index >= 15 is 0 Å². The van der Waals surface area contributed by atoms with Crippen LogP contribution in [0.4, 0.5) is 10.3 Å². The molecule has 2 aromatic rings. The van der Waals surface area contributed by atoms with E-state index in [9.17, 15) is 4.39 Å². The smallest absolute Gasteiger partial charge is 0.262 e. The van der Waals surface area contributed by atoms with Crippen LogP contribution in [0.15, 0.2) is 22.7 Å². The van der Waals surface area contributed by atoms with Crippen molar-refractivity contribution in [2.24, 2.45) is 0 Å². The number of hydrogen-bond donors (Lipinski definition) is 1. The van der Waals surface area contributed by atoms with Gasteiger partial charge in [0.25, 0.3) is 11.8 Å². The summed E-state index contributed by atoms with van der Waals surface area (Å²) in [6.07, 6.45) is 0. The van der Waals surface area contributed by atoms with Crippen molar-refractivity contribution < 1.29 is 8.91 Å². The van der Waals surface area contributed by atoms with Crippen molar-refractivity contribution in [3.63, 3.8) is 0 Å². The summed E-state index contributed by atoms with van der Waals surface area (Å²) in [6, 6.07) is 4.14. The molecule has 6 heteroatoms. The van der Waals surface area contributed by atoms with Gasteiger partial charge in [-0.1, -0.05) is 11.6 Å². The van der Waals surface area contributed by atoms with Gasteiger partial charge in [-0.2, -0.15) is 4.98 Å². The zero-order valence-electron chi connectivity index (χ0n) is 6.87.